The molecule has 1 aliphatic rings. The summed E-state index contributed by atoms with van der Waals surface area (Å²) in [7, 11) is 0. The number of amides is 1. The van der Waals surface area contributed by atoms with Gasteiger partial charge in [0, 0.05) is 44.0 Å². The highest BCUT2D eigenvalue weighted by Gasteiger charge is 2.23. The lowest BCUT2D eigenvalue weighted by molar-refractivity contribution is -0.129. The standard InChI is InChI=1S/C24H22N4OS/c1-17(29)27-11-13-28(14-12-27)23-22-21(15-30-24(22)26-16-25-23)20-9-7-19(8-10-20)18-5-3-2-4-6-18/h2-10,15-16H,11-14H2,1H3. The van der Waals surface area contributed by atoms with Gasteiger partial charge < -0.3 is 9.80 Å². The highest BCUT2D eigenvalue weighted by molar-refractivity contribution is 7.17. The molecule has 3 heterocycles. The van der Waals surface area contributed by atoms with Gasteiger partial charge >= 0.3 is 0 Å². The Labute approximate surface area is 179 Å². The molecule has 30 heavy (non-hydrogen) atoms. The second kappa shape index (κ2) is 7.88. The molecule has 6 heteroatoms. The second-order valence-electron chi connectivity index (χ2n) is 7.46. The number of nitrogens with zero attached hydrogens (tertiary/aromatic N) is 4. The number of benzene rings is 2. The fourth-order valence-corrected chi connectivity index (χ4v) is 4.93. The van der Waals surface area contributed by atoms with Crippen LogP contribution in [0.3, 0.4) is 0 Å². The van der Waals surface area contributed by atoms with Crippen molar-refractivity contribution in [1.82, 2.24) is 14.9 Å². The lowest BCUT2D eigenvalue weighted by Gasteiger charge is -2.35. The third-order valence-electron chi connectivity index (χ3n) is 5.68. The van der Waals surface area contributed by atoms with Crippen LogP contribution in [-0.2, 0) is 4.79 Å². The molecule has 4 aromatic rings. The number of carbonyl (C=O) groups excluding carboxylic acids is 1. The van der Waals surface area contributed by atoms with E-state index in [0.717, 1.165) is 42.2 Å². The van der Waals surface area contributed by atoms with Crippen molar-refractivity contribution >= 4 is 33.3 Å². The van der Waals surface area contributed by atoms with Crippen LogP contribution >= 0.6 is 11.3 Å². The van der Waals surface area contributed by atoms with Crippen molar-refractivity contribution in [2.45, 2.75) is 6.92 Å². The van der Waals surface area contributed by atoms with Crippen LogP contribution in [0, 0.1) is 0 Å². The maximum Gasteiger partial charge on any atom is 0.219 e. The molecule has 0 radical (unpaired) electrons. The average Bonchev–Trinajstić information content (AvgIpc) is 3.24. The summed E-state index contributed by atoms with van der Waals surface area (Å²) < 4.78 is 0. The molecule has 150 valence electrons. The zero-order chi connectivity index (χ0) is 20.5. The number of thiophene rings is 1. The summed E-state index contributed by atoms with van der Waals surface area (Å²) in [5, 5.41) is 3.28. The zero-order valence-corrected chi connectivity index (χ0v) is 17.6. The number of carbonyl (C=O) groups is 1. The summed E-state index contributed by atoms with van der Waals surface area (Å²) in [5.41, 5.74) is 4.75. The predicted molar refractivity (Wildman–Crippen MR) is 123 cm³/mol. The van der Waals surface area contributed by atoms with E-state index in [1.54, 1.807) is 24.6 Å². The second-order valence-corrected chi connectivity index (χ2v) is 8.32. The monoisotopic (exact) mass is 414 g/mol. The number of hydrogen-bond donors (Lipinski definition) is 0. The van der Waals surface area contributed by atoms with Gasteiger partial charge in [-0.15, -0.1) is 11.3 Å². The summed E-state index contributed by atoms with van der Waals surface area (Å²) in [5.74, 6) is 1.10. The van der Waals surface area contributed by atoms with Gasteiger partial charge in [-0.1, -0.05) is 54.6 Å². The molecule has 0 atom stereocenters. The maximum atomic E-state index is 11.7. The Hall–Kier alpha value is -3.25. The van der Waals surface area contributed by atoms with Gasteiger partial charge in [0.1, 0.15) is 17.0 Å². The quantitative estimate of drug-likeness (QED) is 0.488. The van der Waals surface area contributed by atoms with Crippen LogP contribution in [-0.4, -0.2) is 47.0 Å². The van der Waals surface area contributed by atoms with Gasteiger partial charge in [0.15, 0.2) is 0 Å². The molecule has 2 aromatic carbocycles. The van der Waals surface area contributed by atoms with Crippen LogP contribution in [0.1, 0.15) is 6.92 Å². The van der Waals surface area contributed by atoms with E-state index in [1.807, 2.05) is 11.0 Å². The highest BCUT2D eigenvalue weighted by atomic mass is 32.1. The number of hydrogen-bond acceptors (Lipinski definition) is 5. The van der Waals surface area contributed by atoms with Crippen molar-refractivity contribution in [2.24, 2.45) is 0 Å². The number of fused-ring (bicyclic) bond motifs is 1. The molecule has 0 aliphatic carbocycles. The smallest absolute Gasteiger partial charge is 0.219 e. The molecule has 5 rings (SSSR count). The molecule has 0 bridgehead atoms. The van der Waals surface area contributed by atoms with E-state index in [9.17, 15) is 4.79 Å². The van der Waals surface area contributed by atoms with Crippen molar-refractivity contribution in [2.75, 3.05) is 31.1 Å². The summed E-state index contributed by atoms with van der Waals surface area (Å²) in [6, 6.07) is 19.1. The Morgan fingerprint density at radius 3 is 2.23 bits per heavy atom. The SMILES string of the molecule is CC(=O)N1CCN(c2ncnc3scc(-c4ccc(-c5ccccc5)cc4)c23)CC1. The molecule has 1 amide bonds. The summed E-state index contributed by atoms with van der Waals surface area (Å²) in [6.07, 6.45) is 1.65. The van der Waals surface area contributed by atoms with E-state index in [4.69, 9.17) is 0 Å². The van der Waals surface area contributed by atoms with Crippen LogP contribution in [0.15, 0.2) is 66.3 Å². The topological polar surface area (TPSA) is 49.3 Å². The normalized spacial score (nSPS) is 14.3. The van der Waals surface area contributed by atoms with Gasteiger partial charge in [0.25, 0.3) is 0 Å². The first kappa shape index (κ1) is 18.8. The summed E-state index contributed by atoms with van der Waals surface area (Å²) >= 11 is 1.65. The minimum absolute atomic E-state index is 0.136. The fraction of sp³-hybridized carbons (Fsp3) is 0.208. The summed E-state index contributed by atoms with van der Waals surface area (Å²) in [4.78, 5) is 26.0. The molecule has 0 unspecified atom stereocenters. The molecule has 0 saturated carbocycles. The number of rotatable bonds is 3. The largest absolute Gasteiger partial charge is 0.352 e. The Morgan fingerprint density at radius 1 is 0.867 bits per heavy atom. The molecular formula is C24H22N4OS. The van der Waals surface area contributed by atoms with Crippen LogP contribution in [0.2, 0.25) is 0 Å². The molecule has 2 aromatic heterocycles. The van der Waals surface area contributed by atoms with Crippen LogP contribution in [0.25, 0.3) is 32.5 Å². The molecular weight excluding hydrogens is 392 g/mol. The minimum Gasteiger partial charge on any atom is -0.352 e. The Kier molecular flexibility index (Phi) is 4.93. The van der Waals surface area contributed by atoms with Crippen LogP contribution in [0.4, 0.5) is 5.82 Å². The Bertz CT molecular complexity index is 1180. The molecule has 0 spiro atoms. The van der Waals surface area contributed by atoms with E-state index in [1.165, 1.54) is 22.3 Å². The third-order valence-corrected chi connectivity index (χ3v) is 6.56. The lowest BCUT2D eigenvalue weighted by Crippen LogP contribution is -2.48. The first-order chi connectivity index (χ1) is 14.7. The van der Waals surface area contributed by atoms with Gasteiger partial charge in [-0.3, -0.25) is 4.79 Å². The lowest BCUT2D eigenvalue weighted by atomic mass is 10.0. The average molecular weight is 415 g/mol. The number of anilines is 1. The van der Waals surface area contributed by atoms with Crippen molar-refractivity contribution < 1.29 is 4.79 Å². The maximum absolute atomic E-state index is 11.7. The first-order valence-corrected chi connectivity index (χ1v) is 11.0. The van der Waals surface area contributed by atoms with Gasteiger partial charge in [0.05, 0.1) is 5.39 Å². The highest BCUT2D eigenvalue weighted by Crippen LogP contribution is 2.38. The zero-order valence-electron chi connectivity index (χ0n) is 16.8. The Balaban J connectivity index is 1.50. The predicted octanol–water partition coefficient (Wildman–Crippen LogP) is 4.69. The molecule has 1 fully saturated rings. The molecule has 1 saturated heterocycles. The van der Waals surface area contributed by atoms with Gasteiger partial charge in [-0.05, 0) is 16.7 Å². The number of piperazine rings is 1. The Morgan fingerprint density at radius 2 is 1.53 bits per heavy atom. The van der Waals surface area contributed by atoms with Gasteiger partial charge in [-0.25, -0.2) is 9.97 Å². The molecule has 1 aliphatic heterocycles. The van der Waals surface area contributed by atoms with Crippen molar-refractivity contribution in [3.63, 3.8) is 0 Å². The fourth-order valence-electron chi connectivity index (χ4n) is 4.02. The van der Waals surface area contributed by atoms with E-state index < -0.39 is 0 Å². The summed E-state index contributed by atoms with van der Waals surface area (Å²) in [6.45, 7) is 4.66. The van der Waals surface area contributed by atoms with E-state index in [2.05, 4.69) is 68.8 Å². The van der Waals surface area contributed by atoms with Crippen LogP contribution in [0.5, 0.6) is 0 Å². The van der Waals surface area contributed by atoms with Gasteiger partial charge in [-0.2, -0.15) is 0 Å². The van der Waals surface area contributed by atoms with E-state index in [-0.39, 0.29) is 5.91 Å². The third kappa shape index (κ3) is 3.44. The van der Waals surface area contributed by atoms with Crippen LogP contribution < -0.4 is 4.90 Å². The molecule has 0 N–H and O–H groups in total. The van der Waals surface area contributed by atoms with Crippen molar-refractivity contribution in [3.8, 4) is 22.3 Å². The number of aromatic nitrogens is 2. The minimum atomic E-state index is 0.136. The van der Waals surface area contributed by atoms with E-state index in [0.29, 0.717) is 0 Å². The molecule has 5 nitrogen and oxygen atoms in total. The van der Waals surface area contributed by atoms with Gasteiger partial charge in [0.2, 0.25) is 5.91 Å². The first-order valence-electron chi connectivity index (χ1n) is 10.1. The van der Waals surface area contributed by atoms with Crippen molar-refractivity contribution in [3.05, 3.63) is 66.3 Å². The van der Waals surface area contributed by atoms with Crippen molar-refractivity contribution in [1.29, 1.82) is 0 Å². The van der Waals surface area contributed by atoms with E-state index >= 15 is 0 Å².